The molecule has 3 aromatic rings. The fraction of sp³-hybridized carbons (Fsp3) is 0.435. The molecule has 0 aliphatic carbocycles. The molecule has 2 aromatic heterocycles. The molecule has 4 nitrogen and oxygen atoms in total. The van der Waals surface area contributed by atoms with Crippen LogP contribution in [0.15, 0.2) is 42.2 Å². The second kappa shape index (κ2) is 8.50. The second-order valence-electron chi connectivity index (χ2n) is 8.24. The van der Waals surface area contributed by atoms with Crippen molar-refractivity contribution in [3.63, 3.8) is 0 Å². The fourth-order valence-electron chi connectivity index (χ4n) is 4.12. The van der Waals surface area contributed by atoms with E-state index in [1.165, 1.54) is 0 Å². The Labute approximate surface area is 170 Å². The standard InChI is InChI=1S/C23H27N3OS/c1-16(2)13-26-7-3-4-19(14-26)22(27)10-21-9-20-8-17(23-12-24-15-28-23)5-6-18(20)11-25-21/h5-6,8-9,11-12,15-16,19H,3-4,7,10,13-14H2,1-2H3. The molecule has 1 unspecified atom stereocenters. The van der Waals surface area contributed by atoms with Crippen LogP contribution >= 0.6 is 11.3 Å². The number of ketones is 1. The number of pyridine rings is 1. The molecule has 0 amide bonds. The number of aromatic nitrogens is 2. The SMILES string of the molecule is CC(C)CN1CCCC(C(=O)Cc2cc3cc(-c4cncs4)ccc3cn2)C1. The van der Waals surface area contributed by atoms with Crippen LogP contribution in [0.3, 0.4) is 0 Å². The highest BCUT2D eigenvalue weighted by Gasteiger charge is 2.26. The van der Waals surface area contributed by atoms with E-state index in [0.717, 1.165) is 59.4 Å². The van der Waals surface area contributed by atoms with E-state index >= 15 is 0 Å². The predicted molar refractivity (Wildman–Crippen MR) is 116 cm³/mol. The summed E-state index contributed by atoms with van der Waals surface area (Å²) in [4.78, 5) is 25.2. The van der Waals surface area contributed by atoms with Crippen molar-refractivity contribution in [1.29, 1.82) is 0 Å². The summed E-state index contributed by atoms with van der Waals surface area (Å²) in [6.45, 7) is 7.59. The molecule has 0 N–H and O–H groups in total. The fourth-order valence-corrected chi connectivity index (χ4v) is 4.74. The lowest BCUT2D eigenvalue weighted by Gasteiger charge is -2.33. The Hall–Kier alpha value is -2.11. The van der Waals surface area contributed by atoms with E-state index in [9.17, 15) is 4.79 Å². The lowest BCUT2D eigenvalue weighted by Crippen LogP contribution is -2.40. The minimum atomic E-state index is 0.147. The van der Waals surface area contributed by atoms with Crippen molar-refractivity contribution >= 4 is 27.9 Å². The summed E-state index contributed by atoms with van der Waals surface area (Å²) in [5, 5.41) is 2.24. The van der Waals surface area contributed by atoms with Gasteiger partial charge in [-0.25, -0.2) is 0 Å². The maximum absolute atomic E-state index is 12.9. The molecule has 1 fully saturated rings. The van der Waals surface area contributed by atoms with Gasteiger partial charge in [0, 0.05) is 48.9 Å². The molecule has 0 saturated carbocycles. The Morgan fingerprint density at radius 1 is 1.25 bits per heavy atom. The largest absolute Gasteiger partial charge is 0.302 e. The molecule has 1 aliphatic rings. The molecule has 1 aromatic carbocycles. The minimum absolute atomic E-state index is 0.147. The lowest BCUT2D eigenvalue weighted by atomic mass is 9.90. The number of Topliss-reactive ketones (excluding diaryl/α,β-unsaturated/α-hetero) is 1. The average Bonchev–Trinajstić information content (AvgIpc) is 3.22. The summed E-state index contributed by atoms with van der Waals surface area (Å²) < 4.78 is 0. The van der Waals surface area contributed by atoms with Crippen LogP contribution in [0, 0.1) is 11.8 Å². The zero-order chi connectivity index (χ0) is 19.5. The van der Waals surface area contributed by atoms with E-state index in [1.807, 2.05) is 17.9 Å². The highest BCUT2D eigenvalue weighted by Crippen LogP contribution is 2.27. The van der Waals surface area contributed by atoms with Gasteiger partial charge in [-0.15, -0.1) is 11.3 Å². The molecule has 4 rings (SSSR count). The van der Waals surface area contributed by atoms with Gasteiger partial charge < -0.3 is 4.90 Å². The van der Waals surface area contributed by atoms with Crippen molar-refractivity contribution in [2.75, 3.05) is 19.6 Å². The van der Waals surface area contributed by atoms with Gasteiger partial charge in [-0.2, -0.15) is 0 Å². The van der Waals surface area contributed by atoms with E-state index < -0.39 is 0 Å². The number of hydrogen-bond acceptors (Lipinski definition) is 5. The first kappa shape index (κ1) is 19.2. The number of carbonyl (C=O) groups excluding carboxylic acids is 1. The molecular weight excluding hydrogens is 366 g/mol. The zero-order valence-electron chi connectivity index (χ0n) is 16.6. The Morgan fingerprint density at radius 2 is 2.14 bits per heavy atom. The van der Waals surface area contributed by atoms with Crippen molar-refractivity contribution in [3.05, 3.63) is 47.9 Å². The number of nitrogens with zero attached hydrogens (tertiary/aromatic N) is 3. The zero-order valence-corrected chi connectivity index (χ0v) is 17.4. The van der Waals surface area contributed by atoms with Crippen LogP contribution in [-0.4, -0.2) is 40.3 Å². The first-order valence-corrected chi connectivity index (χ1v) is 11.0. The van der Waals surface area contributed by atoms with Crippen LogP contribution in [0.2, 0.25) is 0 Å². The van der Waals surface area contributed by atoms with E-state index in [1.54, 1.807) is 11.3 Å². The summed E-state index contributed by atoms with van der Waals surface area (Å²) in [6.07, 6.45) is 6.34. The third-order valence-electron chi connectivity index (χ3n) is 5.43. The van der Waals surface area contributed by atoms with Crippen LogP contribution in [0.25, 0.3) is 21.2 Å². The highest BCUT2D eigenvalue weighted by atomic mass is 32.1. The topological polar surface area (TPSA) is 46.1 Å². The molecule has 0 spiro atoms. The molecular formula is C23H27N3OS. The number of likely N-dealkylation sites (tertiary alicyclic amines) is 1. The van der Waals surface area contributed by atoms with Crippen LogP contribution in [0.5, 0.6) is 0 Å². The van der Waals surface area contributed by atoms with E-state index in [2.05, 4.69) is 53.0 Å². The molecule has 0 radical (unpaired) electrons. The second-order valence-corrected chi connectivity index (χ2v) is 9.13. The van der Waals surface area contributed by atoms with Gasteiger partial charge in [-0.3, -0.25) is 14.8 Å². The summed E-state index contributed by atoms with van der Waals surface area (Å²) in [7, 11) is 0. The Morgan fingerprint density at radius 3 is 2.93 bits per heavy atom. The van der Waals surface area contributed by atoms with Crippen molar-refractivity contribution in [1.82, 2.24) is 14.9 Å². The Kier molecular flexibility index (Phi) is 5.83. The normalized spacial score (nSPS) is 18.0. The van der Waals surface area contributed by atoms with E-state index in [0.29, 0.717) is 18.1 Å². The van der Waals surface area contributed by atoms with Gasteiger partial charge in [0.2, 0.25) is 0 Å². The third kappa shape index (κ3) is 4.47. The van der Waals surface area contributed by atoms with Crippen LogP contribution < -0.4 is 0 Å². The highest BCUT2D eigenvalue weighted by molar-refractivity contribution is 7.13. The molecule has 3 heterocycles. The number of rotatable bonds is 6. The van der Waals surface area contributed by atoms with Crippen molar-refractivity contribution in [2.24, 2.45) is 11.8 Å². The number of hydrogen-bond donors (Lipinski definition) is 0. The first-order chi connectivity index (χ1) is 13.6. The average molecular weight is 394 g/mol. The summed E-state index contributed by atoms with van der Waals surface area (Å²) in [5.74, 6) is 1.12. The summed E-state index contributed by atoms with van der Waals surface area (Å²) in [6, 6.07) is 8.44. The molecule has 146 valence electrons. The molecule has 1 aliphatic heterocycles. The predicted octanol–water partition coefficient (Wildman–Crippen LogP) is 4.84. The van der Waals surface area contributed by atoms with Crippen molar-refractivity contribution in [3.8, 4) is 10.4 Å². The molecule has 1 saturated heterocycles. The lowest BCUT2D eigenvalue weighted by molar-refractivity contribution is -0.124. The van der Waals surface area contributed by atoms with Crippen LogP contribution in [0.4, 0.5) is 0 Å². The Bertz CT molecular complexity index is 952. The quantitative estimate of drug-likeness (QED) is 0.601. The number of fused-ring (bicyclic) bond motifs is 1. The maximum atomic E-state index is 12.9. The minimum Gasteiger partial charge on any atom is -0.302 e. The first-order valence-electron chi connectivity index (χ1n) is 10.1. The van der Waals surface area contributed by atoms with Crippen molar-refractivity contribution < 1.29 is 4.79 Å². The Balaban J connectivity index is 1.48. The summed E-state index contributed by atoms with van der Waals surface area (Å²) >= 11 is 1.64. The molecule has 28 heavy (non-hydrogen) atoms. The molecule has 0 bridgehead atoms. The summed E-state index contributed by atoms with van der Waals surface area (Å²) in [5.41, 5.74) is 3.89. The number of benzene rings is 1. The number of thiazole rings is 1. The van der Waals surface area contributed by atoms with Gasteiger partial charge in [0.25, 0.3) is 0 Å². The van der Waals surface area contributed by atoms with Gasteiger partial charge in [0.1, 0.15) is 5.78 Å². The number of piperidine rings is 1. The van der Waals surface area contributed by atoms with Gasteiger partial charge in [0.15, 0.2) is 0 Å². The van der Waals surface area contributed by atoms with E-state index in [4.69, 9.17) is 0 Å². The monoisotopic (exact) mass is 393 g/mol. The van der Waals surface area contributed by atoms with Crippen molar-refractivity contribution in [2.45, 2.75) is 33.1 Å². The number of carbonyl (C=O) groups is 1. The molecule has 1 atom stereocenters. The smallest absolute Gasteiger partial charge is 0.143 e. The van der Waals surface area contributed by atoms with Gasteiger partial charge in [-0.05, 0) is 48.4 Å². The maximum Gasteiger partial charge on any atom is 0.143 e. The van der Waals surface area contributed by atoms with Gasteiger partial charge in [-0.1, -0.05) is 26.0 Å². The van der Waals surface area contributed by atoms with E-state index in [-0.39, 0.29) is 5.92 Å². The molecule has 5 heteroatoms. The third-order valence-corrected chi connectivity index (χ3v) is 6.26. The van der Waals surface area contributed by atoms with Gasteiger partial charge in [0.05, 0.1) is 10.4 Å². The van der Waals surface area contributed by atoms with Crippen LogP contribution in [0.1, 0.15) is 32.4 Å². The van der Waals surface area contributed by atoms with Gasteiger partial charge >= 0.3 is 0 Å². The van der Waals surface area contributed by atoms with Crippen LogP contribution in [-0.2, 0) is 11.2 Å².